The summed E-state index contributed by atoms with van der Waals surface area (Å²) in [5.41, 5.74) is -0.841. The molecule has 1 aromatic carbocycles. The van der Waals surface area contributed by atoms with Gasteiger partial charge in [0, 0.05) is 5.56 Å². The average molecular weight is 228 g/mol. The number of aldehydes is 2. The van der Waals surface area contributed by atoms with Crippen LogP contribution >= 0.6 is 0 Å². The van der Waals surface area contributed by atoms with E-state index in [2.05, 4.69) is 0 Å². The molecule has 0 bridgehead atoms. The minimum atomic E-state index is -4.51. The maximum absolute atomic E-state index is 12.4. The van der Waals surface area contributed by atoms with Crippen molar-refractivity contribution in [2.75, 3.05) is 0 Å². The summed E-state index contributed by atoms with van der Waals surface area (Å²) >= 11 is 0. The monoisotopic (exact) mass is 228 g/mol. The molecule has 1 rings (SSSR count). The summed E-state index contributed by atoms with van der Waals surface area (Å²) in [6.45, 7) is 0. The molecule has 0 fully saturated rings. The van der Waals surface area contributed by atoms with E-state index in [0.717, 1.165) is 18.2 Å². The van der Waals surface area contributed by atoms with Gasteiger partial charge in [0.05, 0.1) is 5.56 Å². The molecule has 0 aromatic heterocycles. The number of alkyl halides is 3. The number of carbonyl (C=O) groups excluding carboxylic acids is 2. The largest absolute Gasteiger partial charge is 0.416 e. The van der Waals surface area contributed by atoms with Crippen molar-refractivity contribution in [2.24, 2.45) is 0 Å². The highest BCUT2D eigenvalue weighted by Gasteiger charge is 2.30. The highest BCUT2D eigenvalue weighted by atomic mass is 19.4. The van der Waals surface area contributed by atoms with E-state index in [-0.39, 0.29) is 11.1 Å². The second-order valence-electron chi connectivity index (χ2n) is 3.00. The molecular formula is C11H7F3O2. The van der Waals surface area contributed by atoms with Gasteiger partial charge in [-0.05, 0) is 29.8 Å². The zero-order valence-corrected chi connectivity index (χ0v) is 7.99. The average Bonchev–Trinajstić information content (AvgIpc) is 2.24. The molecule has 1 aromatic rings. The number of hydrogen-bond donors (Lipinski definition) is 0. The first-order valence-corrected chi connectivity index (χ1v) is 4.26. The summed E-state index contributed by atoms with van der Waals surface area (Å²) in [5.74, 6) is 0. The van der Waals surface area contributed by atoms with Crippen LogP contribution in [0.25, 0.3) is 6.08 Å². The van der Waals surface area contributed by atoms with E-state index in [9.17, 15) is 22.8 Å². The molecule has 5 heteroatoms. The molecule has 0 unspecified atom stereocenters. The van der Waals surface area contributed by atoms with Gasteiger partial charge in [-0.1, -0.05) is 6.08 Å². The quantitative estimate of drug-likeness (QED) is 0.588. The van der Waals surface area contributed by atoms with Crippen molar-refractivity contribution in [2.45, 2.75) is 6.18 Å². The van der Waals surface area contributed by atoms with Crippen LogP contribution in [-0.2, 0) is 11.0 Å². The molecule has 84 valence electrons. The fraction of sp³-hybridized carbons (Fsp3) is 0.0909. The van der Waals surface area contributed by atoms with Crippen LogP contribution in [0.2, 0.25) is 0 Å². The molecule has 0 aliphatic heterocycles. The van der Waals surface area contributed by atoms with Crippen LogP contribution in [0.4, 0.5) is 13.2 Å². The minimum absolute atomic E-state index is 0.0830. The SMILES string of the molecule is O=CC=Cc1cc(C=O)cc(C(F)(F)F)c1. The highest BCUT2D eigenvalue weighted by Crippen LogP contribution is 2.30. The first-order chi connectivity index (χ1) is 7.47. The number of carbonyl (C=O) groups is 2. The predicted octanol–water partition coefficient (Wildman–Crippen LogP) is 2.73. The summed E-state index contributed by atoms with van der Waals surface area (Å²) in [6.07, 6.45) is -1.48. The molecule has 0 spiro atoms. The maximum atomic E-state index is 12.4. The second-order valence-corrected chi connectivity index (χ2v) is 3.00. The Morgan fingerprint density at radius 2 is 1.62 bits per heavy atom. The summed E-state index contributed by atoms with van der Waals surface area (Å²) < 4.78 is 37.2. The van der Waals surface area contributed by atoms with Gasteiger partial charge in [-0.25, -0.2) is 0 Å². The zero-order chi connectivity index (χ0) is 12.2. The van der Waals surface area contributed by atoms with E-state index >= 15 is 0 Å². The molecule has 0 heterocycles. The zero-order valence-electron chi connectivity index (χ0n) is 7.99. The number of allylic oxidation sites excluding steroid dienone is 1. The van der Waals surface area contributed by atoms with Crippen molar-refractivity contribution >= 4 is 18.6 Å². The minimum Gasteiger partial charge on any atom is -0.299 e. The Morgan fingerprint density at radius 1 is 1.00 bits per heavy atom. The lowest BCUT2D eigenvalue weighted by atomic mass is 10.1. The second kappa shape index (κ2) is 4.74. The van der Waals surface area contributed by atoms with Crippen LogP contribution in [0.15, 0.2) is 24.3 Å². The molecule has 0 N–H and O–H groups in total. The lowest BCUT2D eigenvalue weighted by Crippen LogP contribution is -2.06. The van der Waals surface area contributed by atoms with Crippen molar-refractivity contribution in [1.29, 1.82) is 0 Å². The molecule has 2 nitrogen and oxygen atoms in total. The van der Waals surface area contributed by atoms with Crippen LogP contribution in [0.3, 0.4) is 0 Å². The van der Waals surface area contributed by atoms with Crippen LogP contribution in [0, 0.1) is 0 Å². The fourth-order valence-electron chi connectivity index (χ4n) is 1.15. The fourth-order valence-corrected chi connectivity index (χ4v) is 1.15. The third-order valence-electron chi connectivity index (χ3n) is 1.81. The lowest BCUT2D eigenvalue weighted by Gasteiger charge is -2.08. The number of halogens is 3. The van der Waals surface area contributed by atoms with Crippen molar-refractivity contribution in [3.05, 3.63) is 41.0 Å². The maximum Gasteiger partial charge on any atom is 0.416 e. The molecule has 0 saturated carbocycles. The molecule has 16 heavy (non-hydrogen) atoms. The van der Waals surface area contributed by atoms with E-state index in [1.54, 1.807) is 0 Å². The summed E-state index contributed by atoms with van der Waals surface area (Å²) in [7, 11) is 0. The summed E-state index contributed by atoms with van der Waals surface area (Å²) in [6, 6.07) is 2.89. The predicted molar refractivity (Wildman–Crippen MR) is 51.9 cm³/mol. The molecule has 0 amide bonds. The Kier molecular flexibility index (Phi) is 3.60. The molecule has 0 aliphatic rings. The smallest absolute Gasteiger partial charge is 0.299 e. The van der Waals surface area contributed by atoms with Gasteiger partial charge >= 0.3 is 6.18 Å². The van der Waals surface area contributed by atoms with Gasteiger partial charge in [-0.2, -0.15) is 13.2 Å². The van der Waals surface area contributed by atoms with Crippen molar-refractivity contribution < 1.29 is 22.8 Å². The van der Waals surface area contributed by atoms with Gasteiger partial charge in [-0.15, -0.1) is 0 Å². The number of benzene rings is 1. The van der Waals surface area contributed by atoms with Crippen molar-refractivity contribution in [3.8, 4) is 0 Å². The first kappa shape index (κ1) is 12.2. The third kappa shape index (κ3) is 3.05. The number of rotatable bonds is 3. The molecule has 0 saturated heterocycles. The van der Waals surface area contributed by atoms with E-state index in [1.807, 2.05) is 0 Å². The van der Waals surface area contributed by atoms with Gasteiger partial charge in [0.15, 0.2) is 0 Å². The topological polar surface area (TPSA) is 34.1 Å². The van der Waals surface area contributed by atoms with Crippen molar-refractivity contribution in [3.63, 3.8) is 0 Å². The van der Waals surface area contributed by atoms with Gasteiger partial charge in [0.2, 0.25) is 0 Å². The lowest BCUT2D eigenvalue weighted by molar-refractivity contribution is -0.137. The summed E-state index contributed by atoms with van der Waals surface area (Å²) in [5, 5.41) is 0. The Morgan fingerprint density at radius 3 is 2.12 bits per heavy atom. The first-order valence-electron chi connectivity index (χ1n) is 4.26. The Hall–Kier alpha value is -1.91. The van der Waals surface area contributed by atoms with E-state index < -0.39 is 11.7 Å². The van der Waals surface area contributed by atoms with Crippen molar-refractivity contribution in [1.82, 2.24) is 0 Å². The molecular weight excluding hydrogens is 221 g/mol. The highest BCUT2D eigenvalue weighted by molar-refractivity contribution is 5.79. The number of hydrogen-bond acceptors (Lipinski definition) is 2. The Balaban J connectivity index is 3.26. The van der Waals surface area contributed by atoms with Crippen LogP contribution in [0.5, 0.6) is 0 Å². The van der Waals surface area contributed by atoms with E-state index in [0.29, 0.717) is 12.6 Å². The van der Waals surface area contributed by atoms with Crippen LogP contribution in [-0.4, -0.2) is 12.6 Å². The molecule has 0 radical (unpaired) electrons. The standard InChI is InChI=1S/C11H7F3O2/c12-11(13,14)10-5-8(2-1-3-15)4-9(6-10)7-16/h1-7H. The summed E-state index contributed by atoms with van der Waals surface area (Å²) in [4.78, 5) is 20.5. The van der Waals surface area contributed by atoms with Gasteiger partial charge in [0.1, 0.15) is 12.6 Å². The van der Waals surface area contributed by atoms with Gasteiger partial charge in [-0.3, -0.25) is 9.59 Å². The van der Waals surface area contributed by atoms with Crippen LogP contribution in [0.1, 0.15) is 21.5 Å². The Labute approximate surface area is 89.4 Å². The van der Waals surface area contributed by atoms with Gasteiger partial charge < -0.3 is 0 Å². The third-order valence-corrected chi connectivity index (χ3v) is 1.81. The van der Waals surface area contributed by atoms with Crippen LogP contribution < -0.4 is 0 Å². The molecule has 0 atom stereocenters. The van der Waals surface area contributed by atoms with Gasteiger partial charge in [0.25, 0.3) is 0 Å². The normalized spacial score (nSPS) is 11.7. The van der Waals surface area contributed by atoms with E-state index in [4.69, 9.17) is 0 Å². The molecule has 0 aliphatic carbocycles. The Bertz CT molecular complexity index is 433. The van der Waals surface area contributed by atoms with E-state index in [1.165, 1.54) is 12.1 Å².